The number of hydrogen-bond donors (Lipinski definition) is 2. The van der Waals surface area contributed by atoms with Crippen LogP contribution in [0, 0.1) is 12.8 Å². The molecule has 2 aliphatic rings. The third kappa shape index (κ3) is 5.26. The van der Waals surface area contributed by atoms with Crippen LogP contribution in [0.4, 0.5) is 20.4 Å². The Labute approximate surface area is 180 Å². The summed E-state index contributed by atoms with van der Waals surface area (Å²) < 4.78 is 28.3. The van der Waals surface area contributed by atoms with Crippen LogP contribution in [-0.2, 0) is 11.8 Å². The number of aryl methyl sites for hydroxylation is 2. The van der Waals surface area contributed by atoms with E-state index in [9.17, 15) is 13.6 Å². The molecule has 166 valence electrons. The number of anilines is 2. The predicted octanol–water partition coefficient (Wildman–Crippen LogP) is 4.14. The van der Waals surface area contributed by atoms with E-state index in [0.29, 0.717) is 5.95 Å². The lowest BCUT2D eigenvalue weighted by atomic mass is 10.00. The summed E-state index contributed by atoms with van der Waals surface area (Å²) in [6, 6.07) is -0.277. The highest BCUT2D eigenvalue weighted by Gasteiger charge is 2.61. The average Bonchev–Trinajstić information content (AvgIpc) is 3.14. The number of alkyl halides is 2. The molecule has 2 atom stereocenters. The third-order valence-corrected chi connectivity index (χ3v) is 5.82. The highest BCUT2D eigenvalue weighted by Crippen LogP contribution is 2.48. The van der Waals surface area contributed by atoms with Crippen molar-refractivity contribution in [2.24, 2.45) is 13.0 Å². The van der Waals surface area contributed by atoms with E-state index in [0.717, 1.165) is 61.0 Å². The zero-order chi connectivity index (χ0) is 22.0. The van der Waals surface area contributed by atoms with E-state index >= 15 is 0 Å². The lowest BCUT2D eigenvalue weighted by Gasteiger charge is -2.17. The molecule has 4 rings (SSSR count). The molecule has 0 aliphatic heterocycles. The first kappa shape index (κ1) is 21.4. The lowest BCUT2D eigenvalue weighted by Crippen LogP contribution is -2.36. The van der Waals surface area contributed by atoms with Crippen molar-refractivity contribution in [3.05, 3.63) is 35.9 Å². The lowest BCUT2D eigenvalue weighted by molar-refractivity contribution is -0.124. The molecule has 7 nitrogen and oxygen atoms in total. The standard InChI is InChI=1S/C22H28F2N6O/c1-14-11-25-21(28-17-12-26-30(2)13-17)29-19(14)15-7-5-3-4-6-8-16(9-15)27-20(31)18-10-22(18,23)24/h9,11-13,16,18H,3-8,10H2,1-2H3,(H,27,31)(H,25,28,29)/b15-9+/t16-,18?/m1/s1. The first-order valence-corrected chi connectivity index (χ1v) is 10.8. The van der Waals surface area contributed by atoms with Crippen LogP contribution in [0.25, 0.3) is 5.57 Å². The molecule has 2 heterocycles. The highest BCUT2D eigenvalue weighted by atomic mass is 19.3. The Morgan fingerprint density at radius 2 is 2.00 bits per heavy atom. The Balaban J connectivity index is 1.58. The number of allylic oxidation sites excluding steroid dienone is 1. The molecular weight excluding hydrogens is 402 g/mol. The van der Waals surface area contributed by atoms with E-state index in [1.54, 1.807) is 17.1 Å². The molecule has 2 aromatic heterocycles. The first-order valence-electron chi connectivity index (χ1n) is 10.8. The summed E-state index contributed by atoms with van der Waals surface area (Å²) in [6.07, 6.45) is 12.6. The summed E-state index contributed by atoms with van der Waals surface area (Å²) in [5.41, 5.74) is 3.56. The molecule has 0 bridgehead atoms. The van der Waals surface area contributed by atoms with Gasteiger partial charge in [-0.25, -0.2) is 18.7 Å². The van der Waals surface area contributed by atoms with E-state index in [1.807, 2.05) is 26.2 Å². The molecule has 1 unspecified atom stereocenters. The van der Waals surface area contributed by atoms with Crippen molar-refractivity contribution < 1.29 is 13.6 Å². The Kier molecular flexibility index (Phi) is 6.02. The number of carbonyl (C=O) groups excluding carboxylic acids is 1. The molecular formula is C22H28F2N6O. The van der Waals surface area contributed by atoms with E-state index in [1.165, 1.54) is 0 Å². The topological polar surface area (TPSA) is 84.7 Å². The number of aromatic nitrogens is 4. The monoisotopic (exact) mass is 430 g/mol. The Morgan fingerprint density at radius 3 is 2.71 bits per heavy atom. The Morgan fingerprint density at radius 1 is 1.23 bits per heavy atom. The van der Waals surface area contributed by atoms with Crippen LogP contribution in [0.1, 0.15) is 56.2 Å². The molecule has 0 aromatic carbocycles. The smallest absolute Gasteiger partial charge is 0.260 e. The average molecular weight is 431 g/mol. The molecule has 1 fully saturated rings. The normalized spacial score (nSPS) is 24.8. The molecule has 9 heteroatoms. The van der Waals surface area contributed by atoms with Crippen molar-refractivity contribution in [1.82, 2.24) is 25.1 Å². The maximum Gasteiger partial charge on any atom is 0.260 e. The Bertz CT molecular complexity index is 986. The molecule has 2 aromatic rings. The second-order valence-corrected chi connectivity index (χ2v) is 8.53. The van der Waals surface area contributed by atoms with Crippen LogP contribution < -0.4 is 10.6 Å². The van der Waals surface area contributed by atoms with Gasteiger partial charge in [-0.3, -0.25) is 9.48 Å². The van der Waals surface area contributed by atoms with E-state index in [2.05, 4.69) is 20.7 Å². The van der Waals surface area contributed by atoms with Crippen LogP contribution in [0.15, 0.2) is 24.7 Å². The first-order chi connectivity index (χ1) is 14.8. The molecule has 2 aliphatic carbocycles. The minimum Gasteiger partial charge on any atom is -0.349 e. The van der Waals surface area contributed by atoms with E-state index in [4.69, 9.17) is 4.98 Å². The van der Waals surface area contributed by atoms with Crippen molar-refractivity contribution in [3.8, 4) is 0 Å². The minimum atomic E-state index is -2.86. The molecule has 1 saturated carbocycles. The number of rotatable bonds is 5. The summed E-state index contributed by atoms with van der Waals surface area (Å²) in [5.74, 6) is -4.13. The van der Waals surface area contributed by atoms with Gasteiger partial charge in [-0.2, -0.15) is 5.10 Å². The molecule has 0 radical (unpaired) electrons. The van der Waals surface area contributed by atoms with Gasteiger partial charge in [0.2, 0.25) is 11.9 Å². The zero-order valence-corrected chi connectivity index (χ0v) is 17.9. The second kappa shape index (κ2) is 8.72. The number of amides is 1. The molecule has 0 saturated heterocycles. The van der Waals surface area contributed by atoms with Crippen LogP contribution >= 0.6 is 0 Å². The van der Waals surface area contributed by atoms with Crippen LogP contribution in [-0.4, -0.2) is 37.6 Å². The highest BCUT2D eigenvalue weighted by molar-refractivity contribution is 5.83. The maximum atomic E-state index is 13.3. The van der Waals surface area contributed by atoms with Gasteiger partial charge in [0.05, 0.1) is 17.6 Å². The molecule has 0 spiro atoms. The van der Waals surface area contributed by atoms with Gasteiger partial charge < -0.3 is 10.6 Å². The largest absolute Gasteiger partial charge is 0.349 e. The SMILES string of the molecule is Cc1cnc(Nc2cnn(C)c2)nc1/C1=C/[C@H](NC(=O)C2CC2(F)F)CCCCCC1. The van der Waals surface area contributed by atoms with Crippen LogP contribution in [0.5, 0.6) is 0 Å². The minimum absolute atomic E-state index is 0.277. The molecule has 31 heavy (non-hydrogen) atoms. The van der Waals surface area contributed by atoms with Crippen molar-refractivity contribution in [2.75, 3.05) is 5.32 Å². The number of halogens is 2. The Hall–Kier alpha value is -2.84. The number of hydrogen-bond acceptors (Lipinski definition) is 5. The maximum absolute atomic E-state index is 13.3. The fourth-order valence-corrected chi connectivity index (χ4v) is 3.98. The van der Waals surface area contributed by atoms with Crippen molar-refractivity contribution in [3.63, 3.8) is 0 Å². The number of nitrogens with zero attached hydrogens (tertiary/aromatic N) is 4. The van der Waals surface area contributed by atoms with Crippen LogP contribution in [0.3, 0.4) is 0 Å². The zero-order valence-electron chi connectivity index (χ0n) is 17.9. The van der Waals surface area contributed by atoms with Gasteiger partial charge in [-0.1, -0.05) is 25.3 Å². The van der Waals surface area contributed by atoms with Gasteiger partial charge in [0.15, 0.2) is 0 Å². The fraction of sp³-hybridized carbons (Fsp3) is 0.545. The summed E-state index contributed by atoms with van der Waals surface area (Å²) in [5, 5.41) is 10.1. The molecule has 2 N–H and O–H groups in total. The van der Waals surface area contributed by atoms with Gasteiger partial charge in [0.1, 0.15) is 5.92 Å². The summed E-state index contributed by atoms with van der Waals surface area (Å²) in [4.78, 5) is 21.4. The number of nitrogens with one attached hydrogen (secondary N) is 2. The fourth-order valence-electron chi connectivity index (χ4n) is 3.98. The van der Waals surface area contributed by atoms with Gasteiger partial charge in [0.25, 0.3) is 5.92 Å². The third-order valence-electron chi connectivity index (χ3n) is 5.82. The van der Waals surface area contributed by atoms with E-state index < -0.39 is 17.7 Å². The quantitative estimate of drug-likeness (QED) is 0.745. The van der Waals surface area contributed by atoms with Gasteiger partial charge >= 0.3 is 0 Å². The number of carbonyl (C=O) groups is 1. The summed E-state index contributed by atoms with van der Waals surface area (Å²) in [6.45, 7) is 1.95. The summed E-state index contributed by atoms with van der Waals surface area (Å²) in [7, 11) is 1.83. The van der Waals surface area contributed by atoms with Crippen LogP contribution in [0.2, 0.25) is 0 Å². The van der Waals surface area contributed by atoms with Crippen molar-refractivity contribution >= 4 is 23.1 Å². The van der Waals surface area contributed by atoms with Crippen molar-refractivity contribution in [2.45, 2.75) is 63.8 Å². The van der Waals surface area contributed by atoms with Crippen molar-refractivity contribution in [1.29, 1.82) is 0 Å². The second-order valence-electron chi connectivity index (χ2n) is 8.53. The molecule has 1 amide bonds. The van der Waals surface area contributed by atoms with E-state index in [-0.39, 0.29) is 12.5 Å². The van der Waals surface area contributed by atoms with Gasteiger partial charge in [-0.05, 0) is 37.3 Å². The predicted molar refractivity (Wildman–Crippen MR) is 114 cm³/mol. The van der Waals surface area contributed by atoms with Gasteiger partial charge in [-0.15, -0.1) is 0 Å². The van der Waals surface area contributed by atoms with Gasteiger partial charge in [0, 0.05) is 31.9 Å². The summed E-state index contributed by atoms with van der Waals surface area (Å²) >= 11 is 0.